The average molecular weight is 294 g/mol. The molecular weight excluding hydrogens is 264 g/mol. The Hall–Kier alpha value is -1.52. The summed E-state index contributed by atoms with van der Waals surface area (Å²) in [6, 6.07) is 0.428. The van der Waals surface area contributed by atoms with Crippen LogP contribution in [-0.2, 0) is 6.42 Å². The van der Waals surface area contributed by atoms with Crippen LogP contribution in [0.25, 0.3) is 0 Å². The highest BCUT2D eigenvalue weighted by Gasteiger charge is 2.10. The maximum atomic E-state index is 5.17. The Morgan fingerprint density at radius 2 is 1.95 bits per heavy atom. The fraction of sp³-hybridized carbons (Fsp3) is 0.750. The molecule has 0 saturated carbocycles. The molecule has 1 aromatic rings. The van der Waals surface area contributed by atoms with Gasteiger partial charge >= 0.3 is 0 Å². The quantitative estimate of drug-likeness (QED) is 0.599. The number of hydrogen-bond donors (Lipinski definition) is 2. The van der Waals surface area contributed by atoms with E-state index in [1.54, 1.807) is 7.05 Å². The van der Waals surface area contributed by atoms with E-state index in [9.17, 15) is 0 Å². The SMILES string of the molecule is CN=C(NCCc1c(C)noc1C)NC(C)CCC(C)C. The zero-order chi connectivity index (χ0) is 15.8. The van der Waals surface area contributed by atoms with Crippen molar-refractivity contribution in [2.45, 2.75) is 59.9 Å². The molecule has 0 aromatic carbocycles. The molecule has 21 heavy (non-hydrogen) atoms. The van der Waals surface area contributed by atoms with Crippen molar-refractivity contribution in [3.63, 3.8) is 0 Å². The molecule has 0 saturated heterocycles. The summed E-state index contributed by atoms with van der Waals surface area (Å²) in [6.07, 6.45) is 3.27. The van der Waals surface area contributed by atoms with Crippen molar-refractivity contribution in [2.24, 2.45) is 10.9 Å². The first-order valence-electron chi connectivity index (χ1n) is 7.83. The van der Waals surface area contributed by atoms with E-state index in [0.29, 0.717) is 6.04 Å². The zero-order valence-corrected chi connectivity index (χ0v) is 14.3. The second kappa shape index (κ2) is 8.70. The molecule has 0 aliphatic heterocycles. The van der Waals surface area contributed by atoms with Gasteiger partial charge in [0.1, 0.15) is 5.76 Å². The molecule has 1 unspecified atom stereocenters. The lowest BCUT2D eigenvalue weighted by Gasteiger charge is -2.18. The molecule has 1 aromatic heterocycles. The Morgan fingerprint density at radius 1 is 1.24 bits per heavy atom. The van der Waals surface area contributed by atoms with Gasteiger partial charge in [0.25, 0.3) is 0 Å². The van der Waals surface area contributed by atoms with Crippen LogP contribution in [0, 0.1) is 19.8 Å². The molecular formula is C16H30N4O. The lowest BCUT2D eigenvalue weighted by Crippen LogP contribution is -2.43. The van der Waals surface area contributed by atoms with Gasteiger partial charge in [-0.1, -0.05) is 19.0 Å². The van der Waals surface area contributed by atoms with Gasteiger partial charge in [0.15, 0.2) is 5.96 Å². The summed E-state index contributed by atoms with van der Waals surface area (Å²) in [6.45, 7) is 11.5. The van der Waals surface area contributed by atoms with Gasteiger partial charge in [-0.05, 0) is 46.0 Å². The summed E-state index contributed by atoms with van der Waals surface area (Å²) >= 11 is 0. The van der Waals surface area contributed by atoms with E-state index < -0.39 is 0 Å². The number of nitrogens with zero attached hydrogens (tertiary/aromatic N) is 2. The molecule has 0 spiro atoms. The molecule has 0 bridgehead atoms. The summed E-state index contributed by atoms with van der Waals surface area (Å²) in [5, 5.41) is 10.8. The monoisotopic (exact) mass is 294 g/mol. The van der Waals surface area contributed by atoms with Gasteiger partial charge in [0.05, 0.1) is 5.69 Å². The van der Waals surface area contributed by atoms with E-state index in [2.05, 4.69) is 41.6 Å². The summed E-state index contributed by atoms with van der Waals surface area (Å²) in [7, 11) is 1.81. The first-order chi connectivity index (χ1) is 9.93. The standard InChI is InChI=1S/C16H30N4O/c1-11(2)7-8-12(3)19-16(17-6)18-10-9-15-13(4)20-21-14(15)5/h11-12H,7-10H2,1-6H3,(H2,17,18,19). The normalized spacial score (nSPS) is 13.6. The third-order valence-corrected chi connectivity index (χ3v) is 3.63. The average Bonchev–Trinajstić information content (AvgIpc) is 2.75. The van der Waals surface area contributed by atoms with Crippen LogP contribution in [-0.4, -0.2) is 30.8 Å². The van der Waals surface area contributed by atoms with Gasteiger partial charge in [0, 0.05) is 25.2 Å². The lowest BCUT2D eigenvalue weighted by molar-refractivity contribution is 0.392. The van der Waals surface area contributed by atoms with Crippen LogP contribution in [0.15, 0.2) is 9.52 Å². The van der Waals surface area contributed by atoms with Crippen LogP contribution in [0.3, 0.4) is 0 Å². The van der Waals surface area contributed by atoms with Crippen molar-refractivity contribution >= 4 is 5.96 Å². The molecule has 0 aliphatic carbocycles. The second-order valence-electron chi connectivity index (χ2n) is 6.07. The number of aryl methyl sites for hydroxylation is 2. The molecule has 0 amide bonds. The fourth-order valence-electron chi connectivity index (χ4n) is 2.25. The highest BCUT2D eigenvalue weighted by molar-refractivity contribution is 5.79. The van der Waals surface area contributed by atoms with Crippen LogP contribution in [0.1, 0.15) is 50.6 Å². The Morgan fingerprint density at radius 3 is 2.48 bits per heavy atom. The van der Waals surface area contributed by atoms with Crippen molar-refractivity contribution in [3.8, 4) is 0 Å². The molecule has 0 aliphatic rings. The summed E-state index contributed by atoms with van der Waals surface area (Å²) in [4.78, 5) is 4.27. The minimum atomic E-state index is 0.428. The molecule has 120 valence electrons. The third-order valence-electron chi connectivity index (χ3n) is 3.63. The molecule has 1 rings (SSSR count). The van der Waals surface area contributed by atoms with Crippen molar-refractivity contribution in [2.75, 3.05) is 13.6 Å². The molecule has 1 atom stereocenters. The van der Waals surface area contributed by atoms with Gasteiger partial charge in [-0.2, -0.15) is 0 Å². The van der Waals surface area contributed by atoms with E-state index in [1.165, 1.54) is 12.0 Å². The Bertz CT molecular complexity index is 432. The molecule has 5 nitrogen and oxygen atoms in total. The van der Waals surface area contributed by atoms with Crippen molar-refractivity contribution in [1.29, 1.82) is 0 Å². The maximum Gasteiger partial charge on any atom is 0.191 e. The van der Waals surface area contributed by atoms with Gasteiger partial charge in [0.2, 0.25) is 0 Å². The second-order valence-corrected chi connectivity index (χ2v) is 6.07. The van der Waals surface area contributed by atoms with Gasteiger partial charge in [-0.25, -0.2) is 0 Å². The van der Waals surface area contributed by atoms with Gasteiger partial charge in [-0.3, -0.25) is 4.99 Å². The topological polar surface area (TPSA) is 62.5 Å². The summed E-state index contributed by atoms with van der Waals surface area (Å²) in [5.74, 6) is 2.50. The Balaban J connectivity index is 2.35. The number of hydrogen-bond acceptors (Lipinski definition) is 3. The highest BCUT2D eigenvalue weighted by atomic mass is 16.5. The van der Waals surface area contributed by atoms with Crippen LogP contribution < -0.4 is 10.6 Å². The number of guanidine groups is 1. The Labute approximate surface area is 128 Å². The van der Waals surface area contributed by atoms with Gasteiger partial charge < -0.3 is 15.2 Å². The van der Waals surface area contributed by atoms with Crippen LogP contribution in [0.2, 0.25) is 0 Å². The maximum absolute atomic E-state index is 5.17. The van der Waals surface area contributed by atoms with E-state index >= 15 is 0 Å². The number of nitrogens with one attached hydrogen (secondary N) is 2. The molecule has 1 heterocycles. The molecule has 5 heteroatoms. The Kier molecular flexibility index (Phi) is 7.26. The largest absolute Gasteiger partial charge is 0.361 e. The predicted octanol–water partition coefficient (Wildman–Crippen LogP) is 2.82. The van der Waals surface area contributed by atoms with Crippen molar-refractivity contribution in [3.05, 3.63) is 17.0 Å². The smallest absolute Gasteiger partial charge is 0.191 e. The van der Waals surface area contributed by atoms with Gasteiger partial charge in [-0.15, -0.1) is 0 Å². The van der Waals surface area contributed by atoms with Crippen LogP contribution in [0.4, 0.5) is 0 Å². The van der Waals surface area contributed by atoms with E-state index in [-0.39, 0.29) is 0 Å². The minimum absolute atomic E-state index is 0.428. The lowest BCUT2D eigenvalue weighted by atomic mass is 10.0. The van der Waals surface area contributed by atoms with E-state index in [4.69, 9.17) is 4.52 Å². The summed E-state index contributed by atoms with van der Waals surface area (Å²) in [5.41, 5.74) is 2.16. The van der Waals surface area contributed by atoms with Crippen LogP contribution in [0.5, 0.6) is 0 Å². The van der Waals surface area contributed by atoms with Crippen molar-refractivity contribution in [1.82, 2.24) is 15.8 Å². The fourth-order valence-corrected chi connectivity index (χ4v) is 2.25. The minimum Gasteiger partial charge on any atom is -0.361 e. The first kappa shape index (κ1) is 17.5. The van der Waals surface area contributed by atoms with E-state index in [1.807, 2.05) is 13.8 Å². The number of rotatable bonds is 7. The molecule has 0 radical (unpaired) electrons. The van der Waals surface area contributed by atoms with Crippen LogP contribution >= 0.6 is 0 Å². The number of aliphatic imine (C=N–C) groups is 1. The van der Waals surface area contributed by atoms with Crippen molar-refractivity contribution < 1.29 is 4.52 Å². The number of aromatic nitrogens is 1. The zero-order valence-electron chi connectivity index (χ0n) is 14.3. The first-order valence-corrected chi connectivity index (χ1v) is 7.83. The predicted molar refractivity (Wildman–Crippen MR) is 87.7 cm³/mol. The summed E-state index contributed by atoms with van der Waals surface area (Å²) < 4.78 is 5.17. The highest BCUT2D eigenvalue weighted by Crippen LogP contribution is 2.12. The molecule has 2 N–H and O–H groups in total. The molecule has 0 fully saturated rings. The third kappa shape index (κ3) is 6.19. The van der Waals surface area contributed by atoms with E-state index in [0.717, 1.165) is 42.7 Å².